The number of rotatable bonds is 5. The van der Waals surface area contributed by atoms with Crippen molar-refractivity contribution in [2.45, 2.75) is 26.4 Å². The summed E-state index contributed by atoms with van der Waals surface area (Å²) in [6, 6.07) is 6.10. The van der Waals surface area contributed by atoms with E-state index in [4.69, 9.17) is 0 Å². The Kier molecular flexibility index (Phi) is 4.89. The quantitative estimate of drug-likeness (QED) is 0.679. The molecule has 0 saturated carbocycles. The molecule has 3 heterocycles. The fourth-order valence-corrected chi connectivity index (χ4v) is 3.51. The van der Waals surface area contributed by atoms with Gasteiger partial charge in [0.25, 0.3) is 5.56 Å². The molecule has 0 spiro atoms. The number of hydrogen-bond acceptors (Lipinski definition) is 6. The van der Waals surface area contributed by atoms with Crippen LogP contribution in [0.4, 0.5) is 5.69 Å². The molecule has 3 aromatic rings. The molecule has 0 atom stereocenters. The van der Waals surface area contributed by atoms with Gasteiger partial charge >= 0.3 is 0 Å². The fourth-order valence-electron chi connectivity index (χ4n) is 3.51. The van der Waals surface area contributed by atoms with Gasteiger partial charge in [0.2, 0.25) is 0 Å². The number of anilines is 1. The molecule has 27 heavy (non-hydrogen) atoms. The smallest absolute Gasteiger partial charge is 0.261 e. The van der Waals surface area contributed by atoms with Gasteiger partial charge in [-0.15, -0.1) is 0 Å². The third kappa shape index (κ3) is 3.71. The molecule has 1 aliphatic heterocycles. The summed E-state index contributed by atoms with van der Waals surface area (Å²) in [6.45, 7) is 9.77. The average molecular weight is 367 g/mol. The first-order valence-corrected chi connectivity index (χ1v) is 9.42. The highest BCUT2D eigenvalue weighted by atomic mass is 16.1. The van der Waals surface area contributed by atoms with Gasteiger partial charge in [-0.1, -0.05) is 0 Å². The van der Waals surface area contributed by atoms with Gasteiger partial charge in [0.05, 0.1) is 23.8 Å². The first-order valence-electron chi connectivity index (χ1n) is 9.42. The van der Waals surface area contributed by atoms with E-state index in [9.17, 15) is 4.79 Å². The van der Waals surface area contributed by atoms with E-state index in [0.717, 1.165) is 50.5 Å². The number of benzene rings is 1. The first-order chi connectivity index (χ1) is 13.1. The van der Waals surface area contributed by atoms with Crippen LogP contribution in [0.3, 0.4) is 0 Å². The highest BCUT2D eigenvalue weighted by Crippen LogP contribution is 2.20. The van der Waals surface area contributed by atoms with Gasteiger partial charge in [0, 0.05) is 44.5 Å². The van der Waals surface area contributed by atoms with Crippen LogP contribution in [0.25, 0.3) is 10.9 Å². The Balaban J connectivity index is 1.43. The number of fused-ring (bicyclic) bond motifs is 1. The van der Waals surface area contributed by atoms with E-state index < -0.39 is 0 Å². The molecule has 0 aliphatic carbocycles. The van der Waals surface area contributed by atoms with Crippen molar-refractivity contribution in [1.29, 1.82) is 0 Å². The molecule has 4 rings (SSSR count). The summed E-state index contributed by atoms with van der Waals surface area (Å²) >= 11 is 0. The van der Waals surface area contributed by atoms with Crippen molar-refractivity contribution in [3.05, 3.63) is 47.5 Å². The number of aromatic nitrogens is 5. The molecule has 0 radical (unpaired) electrons. The summed E-state index contributed by atoms with van der Waals surface area (Å²) in [5.74, 6) is 0. The lowest BCUT2D eigenvalue weighted by Crippen LogP contribution is -2.47. The highest BCUT2D eigenvalue weighted by molar-refractivity contribution is 5.81. The predicted molar refractivity (Wildman–Crippen MR) is 105 cm³/mol. The number of nitrogens with zero attached hydrogens (tertiary/aromatic N) is 7. The van der Waals surface area contributed by atoms with Crippen molar-refractivity contribution in [2.24, 2.45) is 0 Å². The molecular weight excluding hydrogens is 342 g/mol. The highest BCUT2D eigenvalue weighted by Gasteiger charge is 2.18. The second kappa shape index (κ2) is 7.48. The van der Waals surface area contributed by atoms with Gasteiger partial charge < -0.3 is 4.90 Å². The summed E-state index contributed by atoms with van der Waals surface area (Å²) in [7, 11) is 0. The van der Waals surface area contributed by atoms with Crippen LogP contribution in [0.2, 0.25) is 0 Å². The summed E-state index contributed by atoms with van der Waals surface area (Å²) in [4.78, 5) is 25.8. The lowest BCUT2D eigenvalue weighted by molar-refractivity contribution is 0.244. The van der Waals surface area contributed by atoms with Crippen molar-refractivity contribution in [3.8, 4) is 0 Å². The second-order valence-corrected chi connectivity index (χ2v) is 7.24. The molecule has 142 valence electrons. The van der Waals surface area contributed by atoms with Crippen LogP contribution in [0.5, 0.6) is 0 Å². The summed E-state index contributed by atoms with van der Waals surface area (Å²) in [6.07, 6.45) is 4.98. The lowest BCUT2D eigenvalue weighted by Gasteiger charge is -2.36. The van der Waals surface area contributed by atoms with E-state index >= 15 is 0 Å². The number of hydrogen-bond donors (Lipinski definition) is 0. The third-order valence-corrected chi connectivity index (χ3v) is 5.17. The Morgan fingerprint density at radius 3 is 2.59 bits per heavy atom. The molecule has 1 aromatic carbocycles. The van der Waals surface area contributed by atoms with Gasteiger partial charge in [0.15, 0.2) is 0 Å². The Labute approximate surface area is 158 Å². The lowest BCUT2D eigenvalue weighted by atomic mass is 10.2. The molecule has 1 saturated heterocycles. The Morgan fingerprint density at radius 2 is 1.89 bits per heavy atom. The normalized spacial score (nSPS) is 15.7. The molecule has 0 N–H and O–H groups in total. The fraction of sp³-hybridized carbons (Fsp3) is 0.474. The minimum atomic E-state index is 0.0273. The van der Waals surface area contributed by atoms with Crippen LogP contribution < -0.4 is 10.5 Å². The molecule has 0 unspecified atom stereocenters. The van der Waals surface area contributed by atoms with E-state index in [1.54, 1.807) is 23.5 Å². The maximum atomic E-state index is 12.6. The number of piperazine rings is 1. The molecule has 2 aromatic heterocycles. The Bertz CT molecular complexity index is 956. The van der Waals surface area contributed by atoms with Crippen molar-refractivity contribution < 1.29 is 0 Å². The topological polar surface area (TPSA) is 72.1 Å². The monoisotopic (exact) mass is 367 g/mol. The maximum Gasteiger partial charge on any atom is 0.261 e. The third-order valence-electron chi connectivity index (χ3n) is 5.17. The summed E-state index contributed by atoms with van der Waals surface area (Å²) in [5, 5.41) is 4.83. The van der Waals surface area contributed by atoms with Crippen LogP contribution in [0.15, 0.2) is 42.0 Å². The standard InChI is InChI=1S/C19H25N7O/c1-15(2)26-14-21-18-11-16(3-4-17(18)19(26)27)24-8-5-23(6-9-24)7-10-25-13-20-12-22-25/h3-4,11-15H,5-10H2,1-2H3. The molecule has 1 fully saturated rings. The van der Waals surface area contributed by atoms with E-state index in [0.29, 0.717) is 5.39 Å². The zero-order chi connectivity index (χ0) is 18.8. The Hall–Kier alpha value is -2.74. The maximum absolute atomic E-state index is 12.6. The SMILES string of the molecule is CC(C)n1cnc2cc(N3CCN(CCn4cncn4)CC3)ccc2c1=O. The minimum absolute atomic E-state index is 0.0273. The molecule has 8 nitrogen and oxygen atoms in total. The van der Waals surface area contributed by atoms with Crippen LogP contribution in [-0.2, 0) is 6.54 Å². The van der Waals surface area contributed by atoms with Crippen LogP contribution in [0.1, 0.15) is 19.9 Å². The van der Waals surface area contributed by atoms with Crippen LogP contribution in [-0.4, -0.2) is 61.9 Å². The zero-order valence-corrected chi connectivity index (χ0v) is 15.8. The van der Waals surface area contributed by atoms with E-state index in [-0.39, 0.29) is 11.6 Å². The average Bonchev–Trinajstić information content (AvgIpc) is 3.20. The van der Waals surface area contributed by atoms with Crippen molar-refractivity contribution in [3.63, 3.8) is 0 Å². The van der Waals surface area contributed by atoms with Crippen molar-refractivity contribution >= 4 is 16.6 Å². The van der Waals surface area contributed by atoms with Crippen molar-refractivity contribution in [1.82, 2.24) is 29.2 Å². The molecule has 0 bridgehead atoms. The summed E-state index contributed by atoms with van der Waals surface area (Å²) < 4.78 is 3.54. The van der Waals surface area contributed by atoms with Crippen LogP contribution in [0, 0.1) is 0 Å². The van der Waals surface area contributed by atoms with E-state index in [1.807, 2.05) is 36.7 Å². The van der Waals surface area contributed by atoms with Gasteiger partial charge in [-0.05, 0) is 32.0 Å². The first kappa shape index (κ1) is 17.7. The van der Waals surface area contributed by atoms with Crippen LogP contribution >= 0.6 is 0 Å². The minimum Gasteiger partial charge on any atom is -0.369 e. The predicted octanol–water partition coefficient (Wildman–Crippen LogP) is 1.39. The van der Waals surface area contributed by atoms with Gasteiger partial charge in [-0.3, -0.25) is 18.9 Å². The largest absolute Gasteiger partial charge is 0.369 e. The second-order valence-electron chi connectivity index (χ2n) is 7.24. The molecular formula is C19H25N7O. The van der Waals surface area contributed by atoms with Gasteiger partial charge in [-0.25, -0.2) is 9.97 Å². The Morgan fingerprint density at radius 1 is 1.07 bits per heavy atom. The van der Waals surface area contributed by atoms with Gasteiger partial charge in [-0.2, -0.15) is 5.10 Å². The summed E-state index contributed by atoms with van der Waals surface area (Å²) in [5.41, 5.74) is 1.93. The van der Waals surface area contributed by atoms with E-state index in [2.05, 4.69) is 24.9 Å². The molecule has 1 aliphatic rings. The molecule has 0 amide bonds. The molecule has 8 heteroatoms. The van der Waals surface area contributed by atoms with Crippen molar-refractivity contribution in [2.75, 3.05) is 37.6 Å². The van der Waals surface area contributed by atoms with Gasteiger partial charge in [0.1, 0.15) is 12.7 Å². The zero-order valence-electron chi connectivity index (χ0n) is 15.8. The van der Waals surface area contributed by atoms with E-state index in [1.165, 1.54) is 0 Å².